The third-order valence-electron chi connectivity index (χ3n) is 5.90. The maximum Gasteiger partial charge on any atom is 0.277 e. The van der Waals surface area contributed by atoms with E-state index in [1.165, 1.54) is 4.90 Å². The minimum atomic E-state index is -0.205. The smallest absolute Gasteiger partial charge is 0.277 e. The number of amides is 2. The highest BCUT2D eigenvalue weighted by Crippen LogP contribution is 2.37. The van der Waals surface area contributed by atoms with Gasteiger partial charge in [0.25, 0.3) is 11.8 Å². The van der Waals surface area contributed by atoms with Gasteiger partial charge in [-0.15, -0.1) is 0 Å². The summed E-state index contributed by atoms with van der Waals surface area (Å²) in [6, 6.07) is 7.46. The number of ether oxygens (including phenoxy) is 2. The zero-order valence-corrected chi connectivity index (χ0v) is 17.1. The van der Waals surface area contributed by atoms with E-state index in [1.54, 1.807) is 7.11 Å². The van der Waals surface area contributed by atoms with Crippen LogP contribution in [-0.2, 0) is 14.3 Å². The summed E-state index contributed by atoms with van der Waals surface area (Å²) in [4.78, 5) is 32.5. The average Bonchev–Trinajstić information content (AvgIpc) is 3.36. The van der Waals surface area contributed by atoms with Crippen LogP contribution in [0.1, 0.15) is 24.8 Å². The number of nitrogens with zero attached hydrogens (tertiary/aromatic N) is 3. The molecule has 0 N–H and O–H groups in total. The van der Waals surface area contributed by atoms with Gasteiger partial charge in [-0.3, -0.25) is 19.4 Å². The molecule has 0 spiro atoms. The lowest BCUT2D eigenvalue weighted by Crippen LogP contribution is -2.40. The molecule has 0 aromatic heterocycles. The quantitative estimate of drug-likeness (QED) is 0.649. The molecule has 4 rings (SSSR count). The molecule has 29 heavy (non-hydrogen) atoms. The van der Waals surface area contributed by atoms with Gasteiger partial charge in [0, 0.05) is 44.8 Å². The van der Waals surface area contributed by atoms with Crippen molar-refractivity contribution in [3.63, 3.8) is 0 Å². The first-order valence-corrected chi connectivity index (χ1v) is 10.5. The van der Waals surface area contributed by atoms with Crippen LogP contribution in [0.2, 0.25) is 0 Å². The van der Waals surface area contributed by atoms with Crippen molar-refractivity contribution < 1.29 is 19.1 Å². The van der Waals surface area contributed by atoms with E-state index in [-0.39, 0.29) is 11.8 Å². The Morgan fingerprint density at radius 3 is 2.41 bits per heavy atom. The molecule has 0 aliphatic carbocycles. The Labute approximate surface area is 171 Å². The van der Waals surface area contributed by atoms with Crippen LogP contribution in [0, 0.1) is 0 Å². The molecule has 0 saturated carbocycles. The van der Waals surface area contributed by atoms with Crippen LogP contribution in [-0.4, -0.2) is 86.1 Å². The SMILES string of the molecule is COc1ccccc1C1=C(N2CCCC2)C(=O)N(CCCN2CCOCC2)C1=O. The average molecular weight is 399 g/mol. The van der Waals surface area contributed by atoms with Crippen molar-refractivity contribution in [1.29, 1.82) is 0 Å². The van der Waals surface area contributed by atoms with E-state index in [9.17, 15) is 9.59 Å². The summed E-state index contributed by atoms with van der Waals surface area (Å²) in [7, 11) is 1.59. The van der Waals surface area contributed by atoms with Crippen molar-refractivity contribution in [1.82, 2.24) is 14.7 Å². The van der Waals surface area contributed by atoms with Gasteiger partial charge in [-0.1, -0.05) is 18.2 Å². The van der Waals surface area contributed by atoms with Gasteiger partial charge < -0.3 is 14.4 Å². The Kier molecular flexibility index (Phi) is 6.16. The van der Waals surface area contributed by atoms with Gasteiger partial charge in [0.1, 0.15) is 11.4 Å². The standard InChI is InChI=1S/C22H29N3O4/c1-28-18-8-3-2-7-17(18)19-20(24-10-4-5-11-24)22(27)25(21(19)26)12-6-9-23-13-15-29-16-14-23/h2-3,7-8H,4-6,9-16H2,1H3. The molecule has 1 aromatic rings. The summed E-state index contributed by atoms with van der Waals surface area (Å²) in [5.41, 5.74) is 1.73. The molecule has 2 amide bonds. The molecule has 0 unspecified atom stereocenters. The zero-order chi connectivity index (χ0) is 20.2. The molecule has 3 aliphatic heterocycles. The highest BCUT2D eigenvalue weighted by molar-refractivity contribution is 6.36. The summed E-state index contributed by atoms with van der Waals surface area (Å²) in [6.07, 6.45) is 2.85. The molecule has 3 heterocycles. The minimum absolute atomic E-state index is 0.167. The first-order valence-electron chi connectivity index (χ1n) is 10.5. The van der Waals surface area contributed by atoms with E-state index in [0.717, 1.165) is 65.2 Å². The number of imide groups is 1. The number of morpholine rings is 1. The maximum absolute atomic E-state index is 13.4. The van der Waals surface area contributed by atoms with E-state index < -0.39 is 0 Å². The van der Waals surface area contributed by atoms with Crippen LogP contribution in [0.4, 0.5) is 0 Å². The molecular formula is C22H29N3O4. The number of carbonyl (C=O) groups is 2. The molecule has 0 atom stereocenters. The molecule has 1 aromatic carbocycles. The van der Waals surface area contributed by atoms with E-state index >= 15 is 0 Å². The number of methoxy groups -OCH3 is 1. The van der Waals surface area contributed by atoms with Gasteiger partial charge in [0.2, 0.25) is 0 Å². The summed E-state index contributed by atoms with van der Waals surface area (Å²) < 4.78 is 10.9. The van der Waals surface area contributed by atoms with Gasteiger partial charge in [-0.05, 0) is 25.3 Å². The Balaban J connectivity index is 1.56. The third-order valence-corrected chi connectivity index (χ3v) is 5.90. The van der Waals surface area contributed by atoms with Crippen LogP contribution in [0.25, 0.3) is 5.57 Å². The van der Waals surface area contributed by atoms with Gasteiger partial charge in [-0.2, -0.15) is 0 Å². The van der Waals surface area contributed by atoms with Gasteiger partial charge in [0.05, 0.1) is 25.9 Å². The van der Waals surface area contributed by atoms with Gasteiger partial charge in [-0.25, -0.2) is 0 Å². The van der Waals surface area contributed by atoms with Crippen molar-refractivity contribution >= 4 is 17.4 Å². The molecule has 2 saturated heterocycles. The number of para-hydroxylation sites is 1. The summed E-state index contributed by atoms with van der Waals surface area (Å²) in [5, 5.41) is 0. The van der Waals surface area contributed by atoms with E-state index in [2.05, 4.69) is 9.80 Å². The van der Waals surface area contributed by atoms with Crippen LogP contribution >= 0.6 is 0 Å². The number of benzene rings is 1. The monoisotopic (exact) mass is 399 g/mol. The van der Waals surface area contributed by atoms with Gasteiger partial charge >= 0.3 is 0 Å². The number of carbonyl (C=O) groups excluding carboxylic acids is 2. The van der Waals surface area contributed by atoms with Crippen LogP contribution in [0.5, 0.6) is 5.75 Å². The highest BCUT2D eigenvalue weighted by atomic mass is 16.5. The normalized spacial score (nSPS) is 20.9. The van der Waals surface area contributed by atoms with Crippen molar-refractivity contribution in [2.45, 2.75) is 19.3 Å². The molecule has 7 heteroatoms. The lowest BCUT2D eigenvalue weighted by Gasteiger charge is -2.27. The topological polar surface area (TPSA) is 62.3 Å². The van der Waals surface area contributed by atoms with Crippen molar-refractivity contribution in [3.05, 3.63) is 35.5 Å². The first kappa shape index (κ1) is 19.9. The second-order valence-corrected chi connectivity index (χ2v) is 7.69. The Hall–Kier alpha value is -2.38. The number of likely N-dealkylation sites (tertiary alicyclic amines) is 1. The number of hydrogen-bond donors (Lipinski definition) is 0. The second kappa shape index (κ2) is 8.97. The third kappa shape index (κ3) is 4.02. The zero-order valence-electron chi connectivity index (χ0n) is 17.1. The molecule has 0 bridgehead atoms. The molecule has 0 radical (unpaired) electrons. The van der Waals surface area contributed by atoms with Crippen LogP contribution in [0.15, 0.2) is 30.0 Å². The Bertz CT molecular complexity index is 795. The van der Waals surface area contributed by atoms with Crippen LogP contribution in [0.3, 0.4) is 0 Å². The molecule has 2 fully saturated rings. The minimum Gasteiger partial charge on any atom is -0.496 e. The summed E-state index contributed by atoms with van der Waals surface area (Å²) in [5.74, 6) is 0.249. The number of rotatable bonds is 7. The van der Waals surface area contributed by atoms with E-state index in [4.69, 9.17) is 9.47 Å². The van der Waals surface area contributed by atoms with Crippen molar-refractivity contribution in [3.8, 4) is 5.75 Å². The van der Waals surface area contributed by atoms with Crippen molar-refractivity contribution in [2.75, 3.05) is 59.6 Å². The fourth-order valence-corrected chi connectivity index (χ4v) is 4.37. The molecule has 3 aliphatic rings. The predicted molar refractivity (Wildman–Crippen MR) is 109 cm³/mol. The molecular weight excluding hydrogens is 370 g/mol. The predicted octanol–water partition coefficient (Wildman–Crippen LogP) is 1.59. The van der Waals surface area contributed by atoms with Crippen molar-refractivity contribution in [2.24, 2.45) is 0 Å². The Morgan fingerprint density at radius 2 is 1.69 bits per heavy atom. The molecule has 156 valence electrons. The Morgan fingerprint density at radius 1 is 0.966 bits per heavy atom. The van der Waals surface area contributed by atoms with Crippen LogP contribution < -0.4 is 4.74 Å². The highest BCUT2D eigenvalue weighted by Gasteiger charge is 2.42. The maximum atomic E-state index is 13.4. The first-order chi connectivity index (χ1) is 14.2. The largest absolute Gasteiger partial charge is 0.496 e. The lowest BCUT2D eigenvalue weighted by atomic mass is 10.0. The fourth-order valence-electron chi connectivity index (χ4n) is 4.37. The van der Waals surface area contributed by atoms with E-state index in [1.807, 2.05) is 24.3 Å². The second-order valence-electron chi connectivity index (χ2n) is 7.69. The lowest BCUT2D eigenvalue weighted by molar-refractivity contribution is -0.137. The van der Waals surface area contributed by atoms with Gasteiger partial charge in [0.15, 0.2) is 0 Å². The molecule has 7 nitrogen and oxygen atoms in total. The summed E-state index contributed by atoms with van der Waals surface area (Å²) >= 11 is 0. The van der Waals surface area contributed by atoms with E-state index in [0.29, 0.717) is 29.1 Å². The number of hydrogen-bond acceptors (Lipinski definition) is 6. The summed E-state index contributed by atoms with van der Waals surface area (Å²) in [6.45, 7) is 6.25. The fraction of sp³-hybridized carbons (Fsp3) is 0.545.